The third-order valence-electron chi connectivity index (χ3n) is 7.48. The summed E-state index contributed by atoms with van der Waals surface area (Å²) in [5, 5.41) is 0.756. The number of pyridine rings is 1. The first-order valence-electron chi connectivity index (χ1n) is 12.9. The van der Waals surface area contributed by atoms with Crippen molar-refractivity contribution in [2.75, 3.05) is 0 Å². The first-order valence-corrected chi connectivity index (χ1v) is 13.3. The Labute approximate surface area is 219 Å². The average molecular weight is 522 g/mol. The lowest BCUT2D eigenvalue weighted by molar-refractivity contribution is -0.0266. The molecular formula is C28H29ClFN5O2. The summed E-state index contributed by atoms with van der Waals surface area (Å²) in [4.78, 5) is 27.9. The maximum absolute atomic E-state index is 15.2. The molecule has 0 spiro atoms. The zero-order valence-corrected chi connectivity index (χ0v) is 21.4. The number of nitrogens with zero attached hydrogens (tertiary/aromatic N) is 4. The molecule has 2 N–H and O–H groups in total. The number of rotatable bonds is 5. The Morgan fingerprint density at radius 1 is 1.27 bits per heavy atom. The maximum Gasteiger partial charge on any atom is 0.261 e. The summed E-state index contributed by atoms with van der Waals surface area (Å²) in [5.74, 6) is 0.202. The predicted molar refractivity (Wildman–Crippen MR) is 143 cm³/mol. The first kappa shape index (κ1) is 24.2. The Bertz CT molecular complexity index is 1500. The second kappa shape index (κ2) is 9.65. The van der Waals surface area contributed by atoms with E-state index < -0.39 is 5.82 Å². The molecule has 3 unspecified atom stereocenters. The van der Waals surface area contributed by atoms with Crippen molar-refractivity contribution < 1.29 is 9.13 Å². The summed E-state index contributed by atoms with van der Waals surface area (Å²) in [6, 6.07) is 6.73. The second-order valence-electron chi connectivity index (χ2n) is 10.3. The fraction of sp³-hybridized carbons (Fsp3) is 0.429. The lowest BCUT2D eigenvalue weighted by Crippen LogP contribution is -2.33. The van der Waals surface area contributed by atoms with E-state index in [1.807, 2.05) is 19.2 Å². The standard InChI is InChI=1S/C28H29ClFN5O2/c1-15-9-16(10-24(37-15)17(13-31)14-32-19-5-6-19)23-12-21-27(34-25-3-2-8-35(25)28(21)36)26(33-23)20-7-4-18(29)11-22(20)30/h4,7,11-16,19,24H,2-3,5-6,8-10,31H2,1H3/b17-13+,32-14?. The van der Waals surface area contributed by atoms with Crippen LogP contribution in [0.15, 0.2) is 45.8 Å². The SMILES string of the molecule is CC1CC(c2cc3c(=O)n4c(nc3c(-c3ccc(Cl)cc3F)n2)CCC4)CC(/C(C=NC2CC2)=C/N)O1. The van der Waals surface area contributed by atoms with Crippen molar-refractivity contribution in [3.63, 3.8) is 0 Å². The van der Waals surface area contributed by atoms with E-state index in [2.05, 4.69) is 4.99 Å². The molecule has 3 aliphatic rings. The van der Waals surface area contributed by atoms with Crippen LogP contribution in [0.1, 0.15) is 56.5 Å². The van der Waals surface area contributed by atoms with E-state index in [1.165, 1.54) is 6.07 Å². The van der Waals surface area contributed by atoms with Crippen LogP contribution in [0, 0.1) is 5.82 Å². The second-order valence-corrected chi connectivity index (χ2v) is 10.7. The maximum atomic E-state index is 15.2. The van der Waals surface area contributed by atoms with Crippen molar-refractivity contribution in [2.24, 2.45) is 10.7 Å². The molecule has 9 heteroatoms. The van der Waals surface area contributed by atoms with Gasteiger partial charge in [0, 0.05) is 53.2 Å². The van der Waals surface area contributed by atoms with Gasteiger partial charge in [0.2, 0.25) is 0 Å². The predicted octanol–water partition coefficient (Wildman–Crippen LogP) is 4.92. The van der Waals surface area contributed by atoms with Gasteiger partial charge in [0.1, 0.15) is 17.2 Å². The summed E-state index contributed by atoms with van der Waals surface area (Å²) in [7, 11) is 0. The van der Waals surface area contributed by atoms with Gasteiger partial charge in [0.25, 0.3) is 5.56 Å². The molecule has 0 radical (unpaired) electrons. The Kier molecular flexibility index (Phi) is 6.32. The highest BCUT2D eigenvalue weighted by Crippen LogP contribution is 2.38. The molecule has 6 rings (SSSR count). The topological polar surface area (TPSA) is 95.4 Å². The van der Waals surface area contributed by atoms with Gasteiger partial charge in [-0.2, -0.15) is 0 Å². The van der Waals surface area contributed by atoms with E-state index in [0.29, 0.717) is 47.0 Å². The number of fused-ring (bicyclic) bond motifs is 2. The summed E-state index contributed by atoms with van der Waals surface area (Å²) < 4.78 is 23.1. The Morgan fingerprint density at radius 3 is 2.86 bits per heavy atom. The highest BCUT2D eigenvalue weighted by molar-refractivity contribution is 6.30. The Hall–Kier alpha value is -3.10. The number of halogens is 2. The summed E-state index contributed by atoms with van der Waals surface area (Å²) in [6.45, 7) is 2.66. The lowest BCUT2D eigenvalue weighted by atomic mass is 9.86. The van der Waals surface area contributed by atoms with Crippen LogP contribution in [0.5, 0.6) is 0 Å². The molecule has 3 aromatic rings. The molecule has 4 heterocycles. The van der Waals surface area contributed by atoms with Crippen LogP contribution in [0.3, 0.4) is 0 Å². The summed E-state index contributed by atoms with van der Waals surface area (Å²) in [6.07, 6.45) is 8.24. The number of nitrogens with two attached hydrogens (primary N) is 1. The molecule has 7 nitrogen and oxygen atoms in total. The summed E-state index contributed by atoms with van der Waals surface area (Å²) >= 11 is 6.03. The molecule has 2 aliphatic heterocycles. The molecule has 0 amide bonds. The molecule has 2 aromatic heterocycles. The van der Waals surface area contributed by atoms with Crippen molar-refractivity contribution in [3.05, 3.63) is 68.8 Å². The molecule has 0 bridgehead atoms. The van der Waals surface area contributed by atoms with Crippen molar-refractivity contribution >= 4 is 28.7 Å². The highest BCUT2D eigenvalue weighted by atomic mass is 35.5. The van der Waals surface area contributed by atoms with Gasteiger partial charge in [-0.05, 0) is 63.3 Å². The number of aromatic nitrogens is 3. The van der Waals surface area contributed by atoms with Gasteiger partial charge < -0.3 is 10.5 Å². The van der Waals surface area contributed by atoms with E-state index in [0.717, 1.165) is 42.8 Å². The van der Waals surface area contributed by atoms with Crippen LogP contribution in [0.4, 0.5) is 4.39 Å². The number of aliphatic imine (C=N–C) groups is 1. The Balaban J connectivity index is 1.47. The number of ether oxygens (including phenoxy) is 1. The number of hydrogen-bond acceptors (Lipinski definition) is 6. The molecule has 3 atom stereocenters. The third kappa shape index (κ3) is 4.68. The molecule has 1 saturated heterocycles. The van der Waals surface area contributed by atoms with Crippen LogP contribution < -0.4 is 11.3 Å². The lowest BCUT2D eigenvalue weighted by Gasteiger charge is -2.34. The first-order chi connectivity index (χ1) is 17.9. The van der Waals surface area contributed by atoms with Crippen LogP contribution in [0.2, 0.25) is 5.02 Å². The van der Waals surface area contributed by atoms with Crippen LogP contribution in [0.25, 0.3) is 22.2 Å². The fourth-order valence-electron chi connectivity index (χ4n) is 5.43. The molecule has 1 aliphatic carbocycles. The smallest absolute Gasteiger partial charge is 0.261 e. The number of benzene rings is 1. The monoisotopic (exact) mass is 521 g/mol. The van der Waals surface area contributed by atoms with E-state index >= 15 is 4.39 Å². The zero-order valence-electron chi connectivity index (χ0n) is 20.7. The highest BCUT2D eigenvalue weighted by Gasteiger charge is 2.32. The molecule has 192 valence electrons. The van der Waals surface area contributed by atoms with Crippen LogP contribution in [-0.4, -0.2) is 39.0 Å². The number of hydrogen-bond donors (Lipinski definition) is 1. The molecule has 37 heavy (non-hydrogen) atoms. The van der Waals surface area contributed by atoms with Gasteiger partial charge in [-0.15, -0.1) is 0 Å². The molecule has 1 saturated carbocycles. The quantitative estimate of drug-likeness (QED) is 0.481. The van der Waals surface area contributed by atoms with Gasteiger partial charge in [-0.3, -0.25) is 19.3 Å². The Morgan fingerprint density at radius 2 is 2.11 bits per heavy atom. The van der Waals surface area contributed by atoms with Crippen molar-refractivity contribution in [1.29, 1.82) is 0 Å². The van der Waals surface area contributed by atoms with Crippen molar-refractivity contribution in [1.82, 2.24) is 14.5 Å². The molecule has 2 fully saturated rings. The largest absolute Gasteiger partial charge is 0.404 e. The zero-order chi connectivity index (χ0) is 25.7. The minimum absolute atomic E-state index is 0.0193. The minimum atomic E-state index is -0.497. The minimum Gasteiger partial charge on any atom is -0.404 e. The van der Waals surface area contributed by atoms with E-state index in [1.54, 1.807) is 22.9 Å². The molecule has 1 aromatic carbocycles. The van der Waals surface area contributed by atoms with Gasteiger partial charge in [0.15, 0.2) is 0 Å². The molecular weight excluding hydrogens is 493 g/mol. The van der Waals surface area contributed by atoms with Crippen molar-refractivity contribution in [3.8, 4) is 11.3 Å². The van der Waals surface area contributed by atoms with Crippen LogP contribution >= 0.6 is 11.6 Å². The summed E-state index contributed by atoms with van der Waals surface area (Å²) in [5.41, 5.74) is 8.50. The van der Waals surface area contributed by atoms with E-state index in [4.69, 9.17) is 32.0 Å². The van der Waals surface area contributed by atoms with Gasteiger partial charge >= 0.3 is 0 Å². The van der Waals surface area contributed by atoms with Crippen LogP contribution in [-0.2, 0) is 17.7 Å². The van der Waals surface area contributed by atoms with Gasteiger partial charge in [-0.1, -0.05) is 11.6 Å². The third-order valence-corrected chi connectivity index (χ3v) is 7.72. The van der Waals surface area contributed by atoms with E-state index in [9.17, 15) is 4.79 Å². The van der Waals surface area contributed by atoms with Gasteiger partial charge in [-0.25, -0.2) is 9.37 Å². The fourth-order valence-corrected chi connectivity index (χ4v) is 5.59. The number of aryl methyl sites for hydroxylation is 1. The average Bonchev–Trinajstić information content (AvgIpc) is 3.58. The van der Waals surface area contributed by atoms with Crippen molar-refractivity contribution in [2.45, 2.75) is 76.2 Å². The van der Waals surface area contributed by atoms with Gasteiger partial charge in [0.05, 0.1) is 29.3 Å². The van der Waals surface area contributed by atoms with E-state index in [-0.39, 0.29) is 29.2 Å². The normalized spacial score (nSPS) is 24.2.